The molecule has 0 saturated carbocycles. The van der Waals surface area contributed by atoms with Crippen molar-refractivity contribution in [3.05, 3.63) is 47.3 Å². The van der Waals surface area contributed by atoms with Crippen molar-refractivity contribution in [3.8, 4) is 11.1 Å². The van der Waals surface area contributed by atoms with E-state index in [1.807, 2.05) is 29.3 Å². The van der Waals surface area contributed by atoms with Crippen LogP contribution < -0.4 is 5.32 Å². The molecular formula is C22H27N5O. The molecular weight excluding hydrogens is 350 g/mol. The summed E-state index contributed by atoms with van der Waals surface area (Å²) in [6.45, 7) is 8.63. The van der Waals surface area contributed by atoms with Crippen molar-refractivity contribution in [2.45, 2.75) is 40.0 Å². The SMILES string of the molecule is Cc1ccc(-c2c(C)nn3c(NCCCN4CCCC4=O)cc(C)nc23)cc1. The molecule has 0 aliphatic carbocycles. The predicted octanol–water partition coefficient (Wildman–Crippen LogP) is 3.75. The van der Waals surface area contributed by atoms with E-state index in [-0.39, 0.29) is 5.91 Å². The fourth-order valence-corrected chi connectivity index (χ4v) is 3.86. The molecule has 4 rings (SSSR count). The summed E-state index contributed by atoms with van der Waals surface area (Å²) in [5, 5.41) is 8.24. The van der Waals surface area contributed by atoms with Gasteiger partial charge in [-0.2, -0.15) is 9.61 Å². The number of aromatic nitrogens is 3. The molecule has 1 N–H and O–H groups in total. The van der Waals surface area contributed by atoms with Gasteiger partial charge in [-0.3, -0.25) is 4.79 Å². The molecule has 0 bridgehead atoms. The van der Waals surface area contributed by atoms with Crippen molar-refractivity contribution in [1.29, 1.82) is 0 Å². The minimum Gasteiger partial charge on any atom is -0.370 e. The van der Waals surface area contributed by atoms with Gasteiger partial charge >= 0.3 is 0 Å². The highest BCUT2D eigenvalue weighted by Crippen LogP contribution is 2.29. The number of hydrogen-bond donors (Lipinski definition) is 1. The lowest BCUT2D eigenvalue weighted by Crippen LogP contribution is -2.27. The lowest BCUT2D eigenvalue weighted by molar-refractivity contribution is -0.127. The molecule has 1 aliphatic heterocycles. The Labute approximate surface area is 165 Å². The molecule has 3 heterocycles. The number of nitrogens with one attached hydrogen (secondary N) is 1. The average Bonchev–Trinajstić information content (AvgIpc) is 3.22. The quantitative estimate of drug-likeness (QED) is 0.665. The minimum atomic E-state index is 0.285. The first-order valence-corrected chi connectivity index (χ1v) is 9.98. The smallest absolute Gasteiger partial charge is 0.222 e. The Balaban J connectivity index is 1.56. The van der Waals surface area contributed by atoms with Crippen molar-refractivity contribution < 1.29 is 4.79 Å². The Hall–Kier alpha value is -2.89. The van der Waals surface area contributed by atoms with Crippen molar-refractivity contribution in [2.24, 2.45) is 0 Å². The van der Waals surface area contributed by atoms with Crippen LogP contribution in [-0.2, 0) is 4.79 Å². The van der Waals surface area contributed by atoms with Gasteiger partial charge in [0.2, 0.25) is 5.91 Å². The van der Waals surface area contributed by atoms with Crippen molar-refractivity contribution in [2.75, 3.05) is 25.0 Å². The minimum absolute atomic E-state index is 0.285. The van der Waals surface area contributed by atoms with Crippen LogP contribution in [0.25, 0.3) is 16.8 Å². The van der Waals surface area contributed by atoms with Gasteiger partial charge in [0.15, 0.2) is 5.65 Å². The van der Waals surface area contributed by atoms with E-state index in [0.717, 1.165) is 66.5 Å². The Bertz CT molecular complexity index is 1010. The summed E-state index contributed by atoms with van der Waals surface area (Å²) < 4.78 is 1.90. The number of fused-ring (bicyclic) bond motifs is 1. The van der Waals surface area contributed by atoms with Crippen LogP contribution in [-0.4, -0.2) is 45.0 Å². The largest absolute Gasteiger partial charge is 0.370 e. The summed E-state index contributed by atoms with van der Waals surface area (Å²) in [5.41, 5.74) is 6.24. The van der Waals surface area contributed by atoms with Gasteiger partial charge in [0.25, 0.3) is 0 Å². The topological polar surface area (TPSA) is 62.5 Å². The first-order valence-electron chi connectivity index (χ1n) is 9.98. The summed E-state index contributed by atoms with van der Waals surface area (Å²) in [6.07, 6.45) is 2.61. The number of rotatable bonds is 6. The van der Waals surface area contributed by atoms with E-state index in [4.69, 9.17) is 10.1 Å². The first-order chi connectivity index (χ1) is 13.5. The maximum Gasteiger partial charge on any atom is 0.222 e. The molecule has 3 aromatic rings. The van der Waals surface area contributed by atoms with E-state index in [2.05, 4.69) is 36.5 Å². The van der Waals surface area contributed by atoms with Gasteiger partial charge in [0.05, 0.1) is 5.69 Å². The summed E-state index contributed by atoms with van der Waals surface area (Å²) >= 11 is 0. The maximum atomic E-state index is 11.7. The normalized spacial score (nSPS) is 14.2. The lowest BCUT2D eigenvalue weighted by atomic mass is 10.0. The van der Waals surface area contributed by atoms with Crippen LogP contribution in [0.2, 0.25) is 0 Å². The van der Waals surface area contributed by atoms with Gasteiger partial charge in [-0.15, -0.1) is 0 Å². The van der Waals surface area contributed by atoms with Gasteiger partial charge in [-0.1, -0.05) is 29.8 Å². The van der Waals surface area contributed by atoms with Crippen LogP contribution in [0.5, 0.6) is 0 Å². The summed E-state index contributed by atoms with van der Waals surface area (Å²) in [6, 6.07) is 10.5. The summed E-state index contributed by atoms with van der Waals surface area (Å²) in [4.78, 5) is 18.5. The van der Waals surface area contributed by atoms with Gasteiger partial charge in [-0.25, -0.2) is 4.98 Å². The van der Waals surface area contributed by atoms with E-state index >= 15 is 0 Å². The first kappa shape index (κ1) is 18.5. The molecule has 6 heteroatoms. The van der Waals surface area contributed by atoms with Crippen LogP contribution in [0.15, 0.2) is 30.3 Å². The van der Waals surface area contributed by atoms with E-state index in [9.17, 15) is 4.79 Å². The molecule has 0 spiro atoms. The Morgan fingerprint density at radius 2 is 1.93 bits per heavy atom. The highest BCUT2D eigenvalue weighted by atomic mass is 16.2. The molecule has 1 fully saturated rings. The number of nitrogens with zero attached hydrogens (tertiary/aromatic N) is 4. The van der Waals surface area contributed by atoms with Crippen LogP contribution >= 0.6 is 0 Å². The zero-order valence-electron chi connectivity index (χ0n) is 16.8. The standard InChI is InChI=1S/C22H27N5O/c1-15-7-9-18(10-8-15)21-17(3)25-27-19(14-16(2)24-22(21)27)23-11-5-13-26-12-4-6-20(26)28/h7-10,14,23H,4-6,11-13H2,1-3H3. The second-order valence-electron chi connectivity index (χ2n) is 7.61. The fraction of sp³-hybridized carbons (Fsp3) is 0.409. The Morgan fingerprint density at radius 1 is 1.14 bits per heavy atom. The third-order valence-electron chi connectivity index (χ3n) is 5.31. The zero-order chi connectivity index (χ0) is 19.7. The Kier molecular flexibility index (Phi) is 5.03. The lowest BCUT2D eigenvalue weighted by Gasteiger charge is -2.16. The second kappa shape index (κ2) is 7.62. The van der Waals surface area contributed by atoms with E-state index in [0.29, 0.717) is 6.42 Å². The third-order valence-corrected chi connectivity index (χ3v) is 5.31. The van der Waals surface area contributed by atoms with Gasteiger partial charge in [0.1, 0.15) is 5.82 Å². The van der Waals surface area contributed by atoms with Crippen molar-refractivity contribution in [1.82, 2.24) is 19.5 Å². The molecule has 1 amide bonds. The molecule has 0 unspecified atom stereocenters. The maximum absolute atomic E-state index is 11.7. The zero-order valence-corrected chi connectivity index (χ0v) is 16.8. The number of amides is 1. The highest BCUT2D eigenvalue weighted by Gasteiger charge is 2.19. The fourth-order valence-electron chi connectivity index (χ4n) is 3.86. The van der Waals surface area contributed by atoms with Crippen molar-refractivity contribution >= 4 is 17.4 Å². The molecule has 1 aromatic carbocycles. The number of aryl methyl sites for hydroxylation is 3. The third kappa shape index (κ3) is 3.59. The summed E-state index contributed by atoms with van der Waals surface area (Å²) in [7, 11) is 0. The molecule has 1 saturated heterocycles. The van der Waals surface area contributed by atoms with Crippen LogP contribution in [0.4, 0.5) is 5.82 Å². The van der Waals surface area contributed by atoms with Gasteiger partial charge in [-0.05, 0) is 39.2 Å². The van der Waals surface area contributed by atoms with E-state index in [1.54, 1.807) is 0 Å². The van der Waals surface area contributed by atoms with E-state index in [1.165, 1.54) is 5.56 Å². The summed E-state index contributed by atoms with van der Waals surface area (Å²) in [5.74, 6) is 1.23. The number of benzene rings is 1. The van der Waals surface area contributed by atoms with E-state index < -0.39 is 0 Å². The predicted molar refractivity (Wildman–Crippen MR) is 112 cm³/mol. The molecule has 1 aliphatic rings. The molecule has 2 aromatic heterocycles. The van der Waals surface area contributed by atoms with Crippen LogP contribution in [0.1, 0.15) is 36.2 Å². The number of carbonyl (C=O) groups is 1. The number of likely N-dealkylation sites (tertiary alicyclic amines) is 1. The van der Waals surface area contributed by atoms with Crippen molar-refractivity contribution in [3.63, 3.8) is 0 Å². The average molecular weight is 377 g/mol. The van der Waals surface area contributed by atoms with Crippen LogP contribution in [0.3, 0.4) is 0 Å². The number of hydrogen-bond acceptors (Lipinski definition) is 4. The molecule has 28 heavy (non-hydrogen) atoms. The highest BCUT2D eigenvalue weighted by molar-refractivity contribution is 5.81. The monoisotopic (exact) mass is 377 g/mol. The Morgan fingerprint density at radius 3 is 2.64 bits per heavy atom. The molecule has 0 radical (unpaired) electrons. The van der Waals surface area contributed by atoms with Gasteiger partial charge < -0.3 is 10.2 Å². The molecule has 6 nitrogen and oxygen atoms in total. The number of carbonyl (C=O) groups excluding carboxylic acids is 1. The van der Waals surface area contributed by atoms with Crippen LogP contribution in [0, 0.1) is 20.8 Å². The molecule has 146 valence electrons. The molecule has 0 atom stereocenters. The second-order valence-corrected chi connectivity index (χ2v) is 7.61. The van der Waals surface area contributed by atoms with Gasteiger partial charge in [0, 0.05) is 43.4 Å². The number of anilines is 1.